The average Bonchev–Trinajstić information content (AvgIpc) is 3.17. The highest BCUT2D eigenvalue weighted by atomic mass is 35.5. The molecule has 1 N–H and O–H groups in total. The number of halogens is 1. The molecule has 0 aliphatic carbocycles. The quantitative estimate of drug-likeness (QED) is 0.900. The van der Waals surface area contributed by atoms with Crippen LogP contribution >= 0.6 is 22.9 Å². The molecule has 0 saturated carbocycles. The van der Waals surface area contributed by atoms with Crippen LogP contribution in [0.1, 0.15) is 24.0 Å². The van der Waals surface area contributed by atoms with E-state index in [1.807, 2.05) is 17.5 Å². The van der Waals surface area contributed by atoms with Gasteiger partial charge in [-0.05, 0) is 25.0 Å². The van der Waals surface area contributed by atoms with E-state index in [1.165, 1.54) is 0 Å². The number of hydrogen-bond donors (Lipinski definition) is 1. The van der Waals surface area contributed by atoms with Crippen LogP contribution in [-0.2, 0) is 17.6 Å². The molecule has 0 aromatic carbocycles. The number of amides is 1. The summed E-state index contributed by atoms with van der Waals surface area (Å²) in [6.07, 6.45) is 3.89. The largest absolute Gasteiger partial charge is 0.353 e. The Kier molecular flexibility index (Phi) is 5.13. The number of pyridine rings is 1. The first-order valence-corrected chi connectivity index (χ1v) is 8.99. The van der Waals surface area contributed by atoms with Gasteiger partial charge < -0.3 is 10.2 Å². The molecule has 1 aliphatic heterocycles. The minimum Gasteiger partial charge on any atom is -0.353 e. The molecule has 1 atom stereocenters. The molecule has 5 nitrogen and oxygen atoms in total. The molecule has 1 unspecified atom stereocenters. The topological polar surface area (TPSA) is 58.1 Å². The first kappa shape index (κ1) is 16.2. The second-order valence-electron chi connectivity index (χ2n) is 5.57. The van der Waals surface area contributed by atoms with E-state index >= 15 is 0 Å². The van der Waals surface area contributed by atoms with Crippen LogP contribution in [-0.4, -0.2) is 35.0 Å². The summed E-state index contributed by atoms with van der Waals surface area (Å²) in [7, 11) is 0. The van der Waals surface area contributed by atoms with Gasteiger partial charge in [0.25, 0.3) is 0 Å². The van der Waals surface area contributed by atoms with Gasteiger partial charge in [0.15, 0.2) is 0 Å². The van der Waals surface area contributed by atoms with Crippen molar-refractivity contribution in [3.63, 3.8) is 0 Å². The number of anilines is 1. The summed E-state index contributed by atoms with van der Waals surface area (Å²) < 4.78 is 0. The summed E-state index contributed by atoms with van der Waals surface area (Å²) in [5.74, 6) is 0.815. The molecule has 0 bridgehead atoms. The number of thiazole rings is 1. The lowest BCUT2D eigenvalue weighted by Crippen LogP contribution is -2.38. The average molecular weight is 351 g/mol. The molecule has 3 rings (SSSR count). The van der Waals surface area contributed by atoms with Gasteiger partial charge in [0, 0.05) is 30.7 Å². The molecular weight excluding hydrogens is 332 g/mol. The van der Waals surface area contributed by atoms with Gasteiger partial charge in [0.05, 0.1) is 22.1 Å². The number of carbonyl (C=O) groups is 1. The summed E-state index contributed by atoms with van der Waals surface area (Å²) in [4.78, 5) is 23.0. The maximum absolute atomic E-state index is 12.2. The van der Waals surface area contributed by atoms with Gasteiger partial charge in [-0.25, -0.2) is 9.97 Å². The van der Waals surface area contributed by atoms with Crippen LogP contribution in [0, 0.1) is 0 Å². The zero-order valence-corrected chi connectivity index (χ0v) is 14.5. The fourth-order valence-corrected chi connectivity index (χ4v) is 3.70. The van der Waals surface area contributed by atoms with Crippen molar-refractivity contribution in [2.24, 2.45) is 0 Å². The predicted molar refractivity (Wildman–Crippen MR) is 93.2 cm³/mol. The third-order valence-corrected chi connectivity index (χ3v) is 5.17. The van der Waals surface area contributed by atoms with E-state index in [2.05, 4.69) is 27.1 Å². The normalized spacial score (nSPS) is 17.5. The molecule has 122 valence electrons. The van der Waals surface area contributed by atoms with Gasteiger partial charge in [-0.3, -0.25) is 4.79 Å². The second-order valence-corrected chi connectivity index (χ2v) is 6.92. The van der Waals surface area contributed by atoms with Gasteiger partial charge in [0.2, 0.25) is 5.91 Å². The Labute approximate surface area is 144 Å². The van der Waals surface area contributed by atoms with E-state index in [1.54, 1.807) is 17.5 Å². The summed E-state index contributed by atoms with van der Waals surface area (Å²) in [6, 6.07) is 3.79. The van der Waals surface area contributed by atoms with Gasteiger partial charge in [0.1, 0.15) is 5.82 Å². The molecule has 0 spiro atoms. The zero-order chi connectivity index (χ0) is 16.2. The predicted octanol–water partition coefficient (Wildman–Crippen LogP) is 2.69. The van der Waals surface area contributed by atoms with E-state index in [9.17, 15) is 4.79 Å². The molecular formula is C16H19ClN4OS. The van der Waals surface area contributed by atoms with Gasteiger partial charge in [-0.15, -0.1) is 11.3 Å². The van der Waals surface area contributed by atoms with Crippen molar-refractivity contribution in [1.82, 2.24) is 15.3 Å². The Morgan fingerprint density at radius 2 is 2.43 bits per heavy atom. The van der Waals surface area contributed by atoms with E-state index in [-0.39, 0.29) is 11.9 Å². The number of rotatable bonds is 5. The van der Waals surface area contributed by atoms with E-state index in [0.717, 1.165) is 42.5 Å². The number of aryl methyl sites for hydroxylation is 1. The summed E-state index contributed by atoms with van der Waals surface area (Å²) in [6.45, 7) is 3.65. The maximum atomic E-state index is 12.2. The monoisotopic (exact) mass is 350 g/mol. The van der Waals surface area contributed by atoms with Crippen LogP contribution in [0.15, 0.2) is 23.7 Å². The summed E-state index contributed by atoms with van der Waals surface area (Å²) in [5, 5.41) is 6.77. The number of nitrogens with zero attached hydrogens (tertiary/aromatic N) is 3. The van der Waals surface area contributed by atoms with Crippen molar-refractivity contribution in [3.05, 3.63) is 39.4 Å². The second kappa shape index (κ2) is 7.27. The summed E-state index contributed by atoms with van der Waals surface area (Å²) >= 11 is 7.79. The maximum Gasteiger partial charge on any atom is 0.226 e. The molecule has 1 fully saturated rings. The van der Waals surface area contributed by atoms with Crippen molar-refractivity contribution < 1.29 is 4.79 Å². The van der Waals surface area contributed by atoms with Crippen LogP contribution < -0.4 is 10.2 Å². The van der Waals surface area contributed by atoms with Crippen LogP contribution in [0.25, 0.3) is 0 Å². The van der Waals surface area contributed by atoms with Gasteiger partial charge in [-0.1, -0.05) is 18.5 Å². The van der Waals surface area contributed by atoms with E-state index < -0.39 is 0 Å². The lowest BCUT2D eigenvalue weighted by Gasteiger charge is -2.18. The SMILES string of the molecule is CCc1nc(CC(=O)NC2CCN(c3ncccc3Cl)C2)cs1. The number of hydrogen-bond acceptors (Lipinski definition) is 5. The third kappa shape index (κ3) is 4.00. The third-order valence-electron chi connectivity index (χ3n) is 3.84. The van der Waals surface area contributed by atoms with Crippen LogP contribution in [0.4, 0.5) is 5.82 Å². The van der Waals surface area contributed by atoms with Crippen LogP contribution in [0.5, 0.6) is 0 Å². The van der Waals surface area contributed by atoms with Gasteiger partial charge >= 0.3 is 0 Å². The molecule has 1 aliphatic rings. The lowest BCUT2D eigenvalue weighted by molar-refractivity contribution is -0.121. The minimum absolute atomic E-state index is 0.0249. The molecule has 2 aromatic heterocycles. The highest BCUT2D eigenvalue weighted by Gasteiger charge is 2.26. The molecule has 23 heavy (non-hydrogen) atoms. The van der Waals surface area contributed by atoms with Crippen LogP contribution in [0.3, 0.4) is 0 Å². The molecule has 7 heteroatoms. The Bertz CT molecular complexity index is 690. The molecule has 1 saturated heterocycles. The van der Waals surface area contributed by atoms with E-state index in [0.29, 0.717) is 11.4 Å². The minimum atomic E-state index is 0.0249. The highest BCUT2D eigenvalue weighted by molar-refractivity contribution is 7.09. The Balaban J connectivity index is 1.53. The van der Waals surface area contributed by atoms with Crippen LogP contribution in [0.2, 0.25) is 5.02 Å². The molecule has 1 amide bonds. The first-order valence-electron chi connectivity index (χ1n) is 7.73. The van der Waals surface area contributed by atoms with Gasteiger partial charge in [-0.2, -0.15) is 0 Å². The van der Waals surface area contributed by atoms with Crippen molar-refractivity contribution in [1.29, 1.82) is 0 Å². The lowest BCUT2D eigenvalue weighted by atomic mass is 10.2. The number of carbonyl (C=O) groups excluding carboxylic acids is 1. The van der Waals surface area contributed by atoms with E-state index in [4.69, 9.17) is 11.6 Å². The standard InChI is InChI=1S/C16H19ClN4OS/c1-2-15-20-12(10-23-15)8-14(22)19-11-5-7-21(9-11)16-13(17)4-3-6-18-16/h3-4,6,10-11H,2,5,7-9H2,1H3,(H,19,22). The Morgan fingerprint density at radius 3 is 3.17 bits per heavy atom. The molecule has 2 aromatic rings. The van der Waals surface area contributed by atoms with Crippen molar-refractivity contribution in [2.75, 3.05) is 18.0 Å². The van der Waals surface area contributed by atoms with Crippen molar-refractivity contribution in [3.8, 4) is 0 Å². The number of nitrogens with one attached hydrogen (secondary N) is 1. The Hall–Kier alpha value is -1.66. The summed E-state index contributed by atoms with van der Waals surface area (Å²) in [5.41, 5.74) is 0.854. The molecule has 0 radical (unpaired) electrons. The van der Waals surface area contributed by atoms with Crippen molar-refractivity contribution >= 4 is 34.7 Å². The zero-order valence-electron chi connectivity index (χ0n) is 13.0. The molecule has 3 heterocycles. The smallest absolute Gasteiger partial charge is 0.226 e. The van der Waals surface area contributed by atoms with Crippen molar-refractivity contribution in [2.45, 2.75) is 32.2 Å². The highest BCUT2D eigenvalue weighted by Crippen LogP contribution is 2.25. The number of aromatic nitrogens is 2. The fourth-order valence-electron chi connectivity index (χ4n) is 2.72. The first-order chi connectivity index (χ1) is 11.2. The fraction of sp³-hybridized carbons (Fsp3) is 0.438. The Morgan fingerprint density at radius 1 is 1.57 bits per heavy atom.